The second-order valence-electron chi connectivity index (χ2n) is 6.22. The number of rotatable bonds is 7. The van der Waals surface area contributed by atoms with Crippen molar-refractivity contribution >= 4 is 0 Å². The molecule has 21 heavy (non-hydrogen) atoms. The normalized spacial score (nSPS) is 18.9. The van der Waals surface area contributed by atoms with Gasteiger partial charge in [0.2, 0.25) is 0 Å². The fourth-order valence-corrected chi connectivity index (χ4v) is 3.19. The molecule has 0 aliphatic carbocycles. The number of aromatic nitrogens is 2. The minimum absolute atomic E-state index is 0.0106. The number of hydrogen-bond donors (Lipinski definition) is 1. The fraction of sp³-hybridized carbons (Fsp3) is 0.812. The lowest BCUT2D eigenvalue weighted by Crippen LogP contribution is -2.56. The maximum Gasteiger partial charge on any atom is 0.127 e. The number of nitrogens with one attached hydrogen (secondary N) is 1. The average Bonchev–Trinajstić information content (AvgIpc) is 2.94. The summed E-state index contributed by atoms with van der Waals surface area (Å²) in [5, 5.41) is 3.66. The van der Waals surface area contributed by atoms with Gasteiger partial charge in [-0.3, -0.25) is 4.90 Å². The van der Waals surface area contributed by atoms with Crippen LogP contribution in [0.5, 0.6) is 0 Å². The molecule has 0 radical (unpaired) electrons. The van der Waals surface area contributed by atoms with Crippen LogP contribution in [-0.2, 0) is 11.3 Å². The summed E-state index contributed by atoms with van der Waals surface area (Å²) >= 11 is 0. The summed E-state index contributed by atoms with van der Waals surface area (Å²) in [6.45, 7) is 14.6. The van der Waals surface area contributed by atoms with Gasteiger partial charge in [-0.25, -0.2) is 4.98 Å². The second-order valence-corrected chi connectivity index (χ2v) is 6.22. The molecule has 1 aliphatic heterocycles. The quantitative estimate of drug-likeness (QED) is 0.836. The van der Waals surface area contributed by atoms with E-state index in [2.05, 4.69) is 53.7 Å². The van der Waals surface area contributed by atoms with Crippen molar-refractivity contribution in [3.05, 3.63) is 18.2 Å². The average molecular weight is 294 g/mol. The predicted molar refractivity (Wildman–Crippen MR) is 85.4 cm³/mol. The number of ether oxygens (including phenoxy) is 1. The number of likely N-dealkylation sites (N-methyl/N-ethyl adjacent to an activating group) is 1. The van der Waals surface area contributed by atoms with E-state index in [0.717, 1.165) is 51.6 Å². The molecule has 1 N–H and O–H groups in total. The highest BCUT2D eigenvalue weighted by molar-refractivity contribution is 5.09. The highest BCUT2D eigenvalue weighted by Gasteiger charge is 2.38. The van der Waals surface area contributed by atoms with E-state index in [1.165, 1.54) is 0 Å². The zero-order valence-corrected chi connectivity index (χ0v) is 13.9. The van der Waals surface area contributed by atoms with Gasteiger partial charge < -0.3 is 14.6 Å². The van der Waals surface area contributed by atoms with E-state index in [4.69, 9.17) is 4.74 Å². The first kappa shape index (κ1) is 16.5. The van der Waals surface area contributed by atoms with Crippen LogP contribution >= 0.6 is 0 Å². The number of hydrogen-bond acceptors (Lipinski definition) is 4. The summed E-state index contributed by atoms with van der Waals surface area (Å²) in [7, 11) is 0. The fourth-order valence-electron chi connectivity index (χ4n) is 3.19. The van der Waals surface area contributed by atoms with Crippen molar-refractivity contribution in [2.75, 3.05) is 32.8 Å². The molecule has 1 atom stereocenters. The van der Waals surface area contributed by atoms with E-state index in [9.17, 15) is 0 Å². The number of imidazole rings is 1. The van der Waals surface area contributed by atoms with Crippen molar-refractivity contribution in [2.24, 2.45) is 0 Å². The lowest BCUT2D eigenvalue weighted by atomic mass is 9.90. The lowest BCUT2D eigenvalue weighted by Gasteiger charge is -2.45. The van der Waals surface area contributed by atoms with Gasteiger partial charge in [-0.15, -0.1) is 0 Å². The molecule has 1 aromatic heterocycles. The number of morpholine rings is 1. The lowest BCUT2D eigenvalue weighted by molar-refractivity contribution is -0.0251. The van der Waals surface area contributed by atoms with Gasteiger partial charge in [0.25, 0.3) is 0 Å². The predicted octanol–water partition coefficient (Wildman–Crippen LogP) is 2.05. The molecule has 5 nitrogen and oxygen atoms in total. The number of aryl methyl sites for hydroxylation is 1. The Balaban J connectivity index is 2.25. The van der Waals surface area contributed by atoms with Crippen molar-refractivity contribution < 1.29 is 4.74 Å². The van der Waals surface area contributed by atoms with Gasteiger partial charge in [-0.05, 0) is 26.8 Å². The van der Waals surface area contributed by atoms with Crippen LogP contribution in [0, 0.1) is 0 Å². The van der Waals surface area contributed by atoms with Gasteiger partial charge in [-0.1, -0.05) is 13.8 Å². The first-order valence-corrected chi connectivity index (χ1v) is 8.18. The van der Waals surface area contributed by atoms with Crippen LogP contribution in [0.1, 0.15) is 46.0 Å². The van der Waals surface area contributed by atoms with Gasteiger partial charge in [0.05, 0.1) is 19.3 Å². The van der Waals surface area contributed by atoms with E-state index in [1.54, 1.807) is 0 Å². The van der Waals surface area contributed by atoms with Crippen LogP contribution < -0.4 is 5.32 Å². The SMILES string of the molecule is CCCn1ccnc1C(NCC)C(C)(C)N1CCOCC1. The molecule has 1 saturated heterocycles. The van der Waals surface area contributed by atoms with Crippen molar-refractivity contribution in [2.45, 2.75) is 52.2 Å². The van der Waals surface area contributed by atoms with Crippen LogP contribution in [0.2, 0.25) is 0 Å². The Kier molecular flexibility index (Phi) is 5.79. The maximum atomic E-state index is 5.50. The molecule has 1 aliphatic rings. The standard InChI is InChI=1S/C16H30N4O/c1-5-8-19-9-7-18-15(19)14(17-6-2)16(3,4)20-10-12-21-13-11-20/h7,9,14,17H,5-6,8,10-13H2,1-4H3. The zero-order chi connectivity index (χ0) is 15.3. The van der Waals surface area contributed by atoms with Crippen molar-refractivity contribution in [1.29, 1.82) is 0 Å². The van der Waals surface area contributed by atoms with Crippen LogP contribution in [-0.4, -0.2) is 52.8 Å². The van der Waals surface area contributed by atoms with Gasteiger partial charge in [0.15, 0.2) is 0 Å². The van der Waals surface area contributed by atoms with Gasteiger partial charge in [0.1, 0.15) is 5.82 Å². The van der Waals surface area contributed by atoms with E-state index in [1.807, 2.05) is 6.20 Å². The molecule has 120 valence electrons. The van der Waals surface area contributed by atoms with Crippen LogP contribution in [0.4, 0.5) is 0 Å². The zero-order valence-electron chi connectivity index (χ0n) is 13.9. The Hall–Kier alpha value is -0.910. The Morgan fingerprint density at radius 1 is 1.33 bits per heavy atom. The van der Waals surface area contributed by atoms with Crippen molar-refractivity contribution in [1.82, 2.24) is 19.8 Å². The topological polar surface area (TPSA) is 42.3 Å². The van der Waals surface area contributed by atoms with E-state index in [-0.39, 0.29) is 11.6 Å². The largest absolute Gasteiger partial charge is 0.379 e. The van der Waals surface area contributed by atoms with E-state index < -0.39 is 0 Å². The Morgan fingerprint density at radius 2 is 2.05 bits per heavy atom. The molecule has 0 bridgehead atoms. The first-order valence-electron chi connectivity index (χ1n) is 8.18. The molecule has 0 aromatic carbocycles. The molecule has 5 heteroatoms. The van der Waals surface area contributed by atoms with Gasteiger partial charge >= 0.3 is 0 Å². The van der Waals surface area contributed by atoms with Crippen molar-refractivity contribution in [3.8, 4) is 0 Å². The first-order chi connectivity index (χ1) is 10.1. The van der Waals surface area contributed by atoms with Crippen molar-refractivity contribution in [3.63, 3.8) is 0 Å². The Morgan fingerprint density at radius 3 is 2.67 bits per heavy atom. The Bertz CT molecular complexity index is 424. The minimum atomic E-state index is 0.0106. The highest BCUT2D eigenvalue weighted by Crippen LogP contribution is 2.31. The molecule has 1 aromatic rings. The summed E-state index contributed by atoms with van der Waals surface area (Å²) < 4.78 is 7.79. The summed E-state index contributed by atoms with van der Waals surface area (Å²) in [6, 6.07) is 0.224. The molecular weight excluding hydrogens is 264 g/mol. The summed E-state index contributed by atoms with van der Waals surface area (Å²) in [4.78, 5) is 7.18. The summed E-state index contributed by atoms with van der Waals surface area (Å²) in [5.74, 6) is 1.15. The molecule has 2 rings (SSSR count). The van der Waals surface area contributed by atoms with Gasteiger partial charge in [-0.2, -0.15) is 0 Å². The monoisotopic (exact) mass is 294 g/mol. The Labute approximate surface area is 128 Å². The maximum absolute atomic E-state index is 5.50. The molecule has 1 unspecified atom stereocenters. The molecular formula is C16H30N4O. The summed E-state index contributed by atoms with van der Waals surface area (Å²) in [5.41, 5.74) is 0.0106. The van der Waals surface area contributed by atoms with Crippen LogP contribution in [0.25, 0.3) is 0 Å². The molecule has 0 saturated carbocycles. The van der Waals surface area contributed by atoms with Crippen LogP contribution in [0.15, 0.2) is 12.4 Å². The third-order valence-electron chi connectivity index (χ3n) is 4.41. The van der Waals surface area contributed by atoms with E-state index >= 15 is 0 Å². The van der Waals surface area contributed by atoms with E-state index in [0.29, 0.717) is 0 Å². The van der Waals surface area contributed by atoms with Gasteiger partial charge in [0, 0.05) is 37.6 Å². The number of nitrogens with zero attached hydrogens (tertiary/aromatic N) is 3. The minimum Gasteiger partial charge on any atom is -0.379 e. The third kappa shape index (κ3) is 3.65. The molecule has 2 heterocycles. The molecule has 1 fully saturated rings. The molecule has 0 spiro atoms. The third-order valence-corrected chi connectivity index (χ3v) is 4.41. The summed E-state index contributed by atoms with van der Waals surface area (Å²) in [6.07, 6.45) is 5.14. The highest BCUT2D eigenvalue weighted by atomic mass is 16.5. The smallest absolute Gasteiger partial charge is 0.127 e. The molecule has 0 amide bonds. The second kappa shape index (κ2) is 7.38. The van der Waals surface area contributed by atoms with Crippen LogP contribution in [0.3, 0.4) is 0 Å².